The first-order chi connectivity index (χ1) is 17.5. The standard InChI is InChI=1S/C34H47NO3/c1-20(2)27-33-15-13-28(3,4)19-24(33)34(38-27)25(36)17-23-30(7)18-21(35-10)26(37)29(5,6)22(30)11-12-31(23,8)32(34,9)14-16-33/h17-18,20,22,24,27H,11-16,19H2,1-9H3/t22-,24+,27?,30-,31+,32-,33-,34+/m0/s1. The number of ketones is 2. The van der Waals surface area contributed by atoms with Gasteiger partial charge in [-0.2, -0.15) is 0 Å². The van der Waals surface area contributed by atoms with Gasteiger partial charge < -0.3 is 9.53 Å². The first kappa shape index (κ1) is 26.5. The Balaban J connectivity index is 1.60. The Labute approximate surface area is 229 Å². The molecule has 206 valence electrons. The van der Waals surface area contributed by atoms with Crippen LogP contribution in [0.3, 0.4) is 0 Å². The molecule has 3 saturated carbocycles. The summed E-state index contributed by atoms with van der Waals surface area (Å²) < 4.78 is 7.36. The molecule has 0 radical (unpaired) electrons. The van der Waals surface area contributed by atoms with Crippen LogP contribution in [-0.4, -0.2) is 23.3 Å². The van der Waals surface area contributed by atoms with Crippen LogP contribution in [0, 0.1) is 56.8 Å². The minimum atomic E-state index is -0.800. The third kappa shape index (κ3) is 2.67. The summed E-state index contributed by atoms with van der Waals surface area (Å²) in [6.45, 7) is 28.1. The Hall–Kier alpha value is -1.73. The monoisotopic (exact) mass is 517 g/mol. The quantitative estimate of drug-likeness (QED) is 0.334. The van der Waals surface area contributed by atoms with Gasteiger partial charge in [0.05, 0.1) is 12.7 Å². The predicted molar refractivity (Wildman–Crippen MR) is 149 cm³/mol. The molecule has 1 spiro atoms. The number of hydrogen-bond acceptors (Lipinski definition) is 3. The minimum absolute atomic E-state index is 0.0465. The van der Waals surface area contributed by atoms with E-state index in [1.165, 1.54) is 6.42 Å². The average molecular weight is 518 g/mol. The molecule has 6 rings (SSSR count). The number of carbonyl (C=O) groups is 2. The lowest BCUT2D eigenvalue weighted by Gasteiger charge is -2.69. The second-order valence-corrected chi connectivity index (χ2v) is 16.3. The molecule has 1 saturated heterocycles. The van der Waals surface area contributed by atoms with Crippen molar-refractivity contribution in [1.29, 1.82) is 0 Å². The van der Waals surface area contributed by atoms with Crippen LogP contribution >= 0.6 is 0 Å². The van der Waals surface area contributed by atoms with Gasteiger partial charge in [0.25, 0.3) is 0 Å². The summed E-state index contributed by atoms with van der Waals surface area (Å²) in [6.07, 6.45) is 11.4. The van der Waals surface area contributed by atoms with Crippen molar-refractivity contribution in [3.63, 3.8) is 0 Å². The summed E-state index contributed by atoms with van der Waals surface area (Å²) in [5.41, 5.74) is -0.836. The van der Waals surface area contributed by atoms with Crippen LogP contribution in [0.15, 0.2) is 23.4 Å². The van der Waals surface area contributed by atoms with Crippen molar-refractivity contribution in [2.45, 2.75) is 119 Å². The van der Waals surface area contributed by atoms with Crippen LogP contribution < -0.4 is 0 Å². The van der Waals surface area contributed by atoms with Crippen LogP contribution in [-0.2, 0) is 14.3 Å². The lowest BCUT2D eigenvalue weighted by molar-refractivity contribution is -0.209. The fourth-order valence-electron chi connectivity index (χ4n) is 11.5. The van der Waals surface area contributed by atoms with Gasteiger partial charge in [-0.25, -0.2) is 4.85 Å². The number of carbonyl (C=O) groups excluding carboxylic acids is 2. The third-order valence-electron chi connectivity index (χ3n) is 13.5. The minimum Gasteiger partial charge on any atom is -0.362 e. The van der Waals surface area contributed by atoms with E-state index in [-0.39, 0.29) is 56.9 Å². The fourth-order valence-corrected chi connectivity index (χ4v) is 11.5. The lowest BCUT2D eigenvalue weighted by atomic mass is 9.33. The molecule has 4 nitrogen and oxygen atoms in total. The molecule has 0 aromatic rings. The van der Waals surface area contributed by atoms with E-state index in [0.29, 0.717) is 5.92 Å². The van der Waals surface area contributed by atoms with E-state index in [1.807, 2.05) is 26.0 Å². The molecule has 0 aromatic carbocycles. The molecule has 4 heteroatoms. The van der Waals surface area contributed by atoms with Crippen molar-refractivity contribution in [2.24, 2.45) is 50.2 Å². The summed E-state index contributed by atoms with van der Waals surface area (Å²) >= 11 is 0. The smallest absolute Gasteiger partial charge is 0.226 e. The van der Waals surface area contributed by atoms with Crippen LogP contribution in [0.25, 0.3) is 4.85 Å². The average Bonchev–Trinajstić information content (AvgIpc) is 3.05. The zero-order valence-electron chi connectivity index (χ0n) is 25.1. The van der Waals surface area contributed by atoms with E-state index in [2.05, 4.69) is 53.3 Å². The first-order valence-electron chi connectivity index (χ1n) is 15.1. The molecule has 0 aromatic heterocycles. The van der Waals surface area contributed by atoms with E-state index in [4.69, 9.17) is 11.3 Å². The molecule has 1 aliphatic heterocycles. The second kappa shape index (κ2) is 7.31. The van der Waals surface area contributed by atoms with Gasteiger partial charge >= 0.3 is 0 Å². The number of ether oxygens (including phenoxy) is 1. The molecule has 1 unspecified atom stereocenters. The molecule has 6 aliphatic rings. The van der Waals surface area contributed by atoms with E-state index < -0.39 is 16.4 Å². The Morgan fingerprint density at radius 1 is 0.947 bits per heavy atom. The number of fused-ring (bicyclic) bond motifs is 4. The molecule has 0 N–H and O–H groups in total. The van der Waals surface area contributed by atoms with Gasteiger partial charge in [0.1, 0.15) is 5.60 Å². The van der Waals surface area contributed by atoms with Crippen LogP contribution in [0.2, 0.25) is 0 Å². The summed E-state index contributed by atoms with van der Waals surface area (Å²) in [6, 6.07) is 0. The van der Waals surface area contributed by atoms with Crippen molar-refractivity contribution in [3.8, 4) is 0 Å². The van der Waals surface area contributed by atoms with E-state index in [0.717, 1.165) is 44.1 Å². The van der Waals surface area contributed by atoms with Crippen molar-refractivity contribution in [2.75, 3.05) is 0 Å². The number of hydrogen-bond donors (Lipinski definition) is 0. The van der Waals surface area contributed by atoms with Crippen LogP contribution in [0.4, 0.5) is 0 Å². The molecule has 2 bridgehead atoms. The molecule has 38 heavy (non-hydrogen) atoms. The van der Waals surface area contributed by atoms with Gasteiger partial charge in [0.2, 0.25) is 5.70 Å². The third-order valence-corrected chi connectivity index (χ3v) is 13.5. The maximum Gasteiger partial charge on any atom is 0.226 e. The summed E-state index contributed by atoms with van der Waals surface area (Å²) in [5.74, 6) is 0.791. The Morgan fingerprint density at radius 2 is 1.61 bits per heavy atom. The predicted octanol–water partition coefficient (Wildman–Crippen LogP) is 7.74. The zero-order chi connectivity index (χ0) is 27.9. The lowest BCUT2D eigenvalue weighted by Crippen LogP contribution is -2.71. The highest BCUT2D eigenvalue weighted by molar-refractivity contribution is 6.04. The largest absolute Gasteiger partial charge is 0.362 e. The number of nitrogens with zero attached hydrogens (tertiary/aromatic N) is 1. The molecule has 8 atom stereocenters. The summed E-state index contributed by atoms with van der Waals surface area (Å²) in [4.78, 5) is 31.9. The van der Waals surface area contributed by atoms with Gasteiger partial charge in [0, 0.05) is 27.6 Å². The number of Topliss-reactive ketones (excluding diaryl/α,β-unsaturated/α-hetero) is 1. The van der Waals surface area contributed by atoms with Gasteiger partial charge in [0.15, 0.2) is 11.6 Å². The fraction of sp³-hybridized carbons (Fsp3) is 0.794. The zero-order valence-corrected chi connectivity index (χ0v) is 25.1. The molecule has 0 amide bonds. The Morgan fingerprint density at radius 3 is 2.24 bits per heavy atom. The van der Waals surface area contributed by atoms with Crippen molar-refractivity contribution in [1.82, 2.24) is 0 Å². The molecular weight excluding hydrogens is 470 g/mol. The topological polar surface area (TPSA) is 47.7 Å². The van der Waals surface area contributed by atoms with E-state index in [1.54, 1.807) is 0 Å². The molecular formula is C34H47NO3. The van der Waals surface area contributed by atoms with Crippen molar-refractivity contribution >= 4 is 11.6 Å². The van der Waals surface area contributed by atoms with Gasteiger partial charge in [-0.15, -0.1) is 0 Å². The highest BCUT2D eigenvalue weighted by Crippen LogP contribution is 2.79. The van der Waals surface area contributed by atoms with E-state index in [9.17, 15) is 9.59 Å². The van der Waals surface area contributed by atoms with Crippen molar-refractivity contribution in [3.05, 3.63) is 34.8 Å². The van der Waals surface area contributed by atoms with Gasteiger partial charge in [-0.05, 0) is 73.7 Å². The molecule has 1 heterocycles. The van der Waals surface area contributed by atoms with Crippen LogP contribution in [0.1, 0.15) is 107 Å². The number of allylic oxidation sites excluding steroid dienone is 3. The molecule has 5 aliphatic carbocycles. The highest BCUT2D eigenvalue weighted by atomic mass is 16.5. The van der Waals surface area contributed by atoms with E-state index >= 15 is 0 Å². The maximum atomic E-state index is 14.9. The van der Waals surface area contributed by atoms with Crippen LogP contribution in [0.5, 0.6) is 0 Å². The highest BCUT2D eigenvalue weighted by Gasteiger charge is 2.81. The van der Waals surface area contributed by atoms with Gasteiger partial charge in [-0.1, -0.05) is 74.0 Å². The molecule has 4 fully saturated rings. The first-order valence-corrected chi connectivity index (χ1v) is 15.1. The summed E-state index contributed by atoms with van der Waals surface area (Å²) in [5, 5.41) is 0. The summed E-state index contributed by atoms with van der Waals surface area (Å²) in [7, 11) is 0. The Kier molecular flexibility index (Phi) is 5.10. The SMILES string of the molecule is [C-]#[N+]C1=C[C@]2(C)C3=CC(=O)[C@]45OC(C(C)C)[C@@]6(CCC(C)(C)C[C@H]64)CC[C@@]5(C)[C@]3(C)CC[C@H]2C(C)(C)C1=O. The number of rotatable bonds is 1. The van der Waals surface area contributed by atoms with Gasteiger partial charge in [-0.3, -0.25) is 4.79 Å². The maximum absolute atomic E-state index is 14.9. The normalized spacial score (nSPS) is 50.2. The Bertz CT molecular complexity index is 1250. The van der Waals surface area contributed by atoms with Crippen molar-refractivity contribution < 1.29 is 14.3 Å². The second-order valence-electron chi connectivity index (χ2n) is 16.3.